The van der Waals surface area contributed by atoms with E-state index >= 15 is 0 Å². The van der Waals surface area contributed by atoms with Crippen LogP contribution in [0.3, 0.4) is 0 Å². The Balaban J connectivity index is 1.47. The molecule has 2 fully saturated rings. The number of rotatable bonds is 8. The average molecular weight is 609 g/mol. The van der Waals surface area contributed by atoms with Gasteiger partial charge in [0.1, 0.15) is 18.0 Å². The number of ether oxygens (including phenoxy) is 1. The zero-order chi connectivity index (χ0) is 30.8. The molecular weight excluding hydrogens is 572 g/mol. The van der Waals surface area contributed by atoms with Crippen LogP contribution < -0.4 is 15.8 Å². The topological polar surface area (TPSA) is 145 Å². The molecule has 1 aromatic heterocycles. The first-order valence-corrected chi connectivity index (χ1v) is 14.9. The van der Waals surface area contributed by atoms with Crippen molar-refractivity contribution in [3.8, 4) is 5.75 Å². The zero-order valence-electron chi connectivity index (χ0n) is 24.6. The number of nitrogens with one attached hydrogen (secondary N) is 1. The Hall–Kier alpha value is -4.43. The number of fused-ring (bicyclic) bond motifs is 2. The Bertz CT molecular complexity index is 1530. The summed E-state index contributed by atoms with van der Waals surface area (Å²) in [6.07, 6.45) is -0.107. The van der Waals surface area contributed by atoms with E-state index in [4.69, 9.17) is 10.5 Å². The summed E-state index contributed by atoms with van der Waals surface area (Å²) in [5.74, 6) is -0.0487. The number of aromatic nitrogens is 1. The average Bonchev–Trinajstić information content (AvgIpc) is 3.53. The lowest BCUT2D eigenvalue weighted by Gasteiger charge is -2.46. The maximum absolute atomic E-state index is 14.1. The third-order valence-corrected chi connectivity index (χ3v) is 8.41. The van der Waals surface area contributed by atoms with Crippen LogP contribution in [0.4, 0.5) is 14.7 Å². The number of hydrogen-bond acceptors (Lipinski definition) is 9. The summed E-state index contributed by atoms with van der Waals surface area (Å²) in [5, 5.41) is 6.45. The van der Waals surface area contributed by atoms with E-state index in [1.807, 2.05) is 25.1 Å². The van der Waals surface area contributed by atoms with Crippen molar-refractivity contribution in [2.45, 2.75) is 38.5 Å². The van der Waals surface area contributed by atoms with Gasteiger partial charge in [-0.15, -0.1) is 0 Å². The first kappa shape index (κ1) is 30.0. The van der Waals surface area contributed by atoms with Crippen LogP contribution in [0.2, 0.25) is 0 Å². The molecule has 14 heteroatoms. The van der Waals surface area contributed by atoms with E-state index in [9.17, 15) is 19.2 Å². The maximum atomic E-state index is 14.1. The van der Waals surface area contributed by atoms with Crippen LogP contribution in [-0.2, 0) is 22.6 Å². The fourth-order valence-corrected chi connectivity index (χ4v) is 6.33. The van der Waals surface area contributed by atoms with Crippen molar-refractivity contribution in [2.24, 2.45) is 0 Å². The van der Waals surface area contributed by atoms with E-state index in [1.54, 1.807) is 65.2 Å². The molecule has 5 amide bonds. The lowest BCUT2D eigenvalue weighted by Crippen LogP contribution is -2.66. The fourth-order valence-electron chi connectivity index (χ4n) is 5.54. The first-order valence-electron chi connectivity index (χ1n) is 14.1. The monoisotopic (exact) mass is 608 g/mol. The Kier molecular flexibility index (Phi) is 8.69. The molecule has 0 bridgehead atoms. The zero-order valence-corrected chi connectivity index (χ0v) is 25.5. The molecule has 0 aliphatic carbocycles. The van der Waals surface area contributed by atoms with E-state index in [1.165, 1.54) is 16.2 Å². The number of thiazole rings is 1. The summed E-state index contributed by atoms with van der Waals surface area (Å²) in [4.78, 5) is 61.7. The summed E-state index contributed by atoms with van der Waals surface area (Å²) in [7, 11) is 4.75. The van der Waals surface area contributed by atoms with Crippen LogP contribution in [0.1, 0.15) is 24.5 Å². The second-order valence-electron chi connectivity index (χ2n) is 10.7. The number of piperazine rings is 1. The molecule has 0 unspecified atom stereocenters. The molecule has 2 saturated heterocycles. The molecule has 43 heavy (non-hydrogen) atoms. The summed E-state index contributed by atoms with van der Waals surface area (Å²) < 4.78 is 6.26. The van der Waals surface area contributed by atoms with E-state index in [0.29, 0.717) is 23.8 Å². The number of nitrogens with two attached hydrogens (primary N) is 1. The molecule has 0 spiro atoms. The number of carbonyl (C=O) groups is 4. The number of anilines is 1. The van der Waals surface area contributed by atoms with Crippen molar-refractivity contribution in [1.29, 1.82) is 0 Å². The van der Waals surface area contributed by atoms with Crippen LogP contribution in [-0.4, -0.2) is 107 Å². The Morgan fingerprint density at radius 1 is 1.16 bits per heavy atom. The molecule has 13 nitrogen and oxygen atoms in total. The fraction of sp³-hybridized carbons (Fsp3) is 0.414. The SMILES string of the molecule is CCCN(C(=O)NC)N1CC(=O)N2[C@@H](Cc3ccc(OC(=O)N(C)C)cc3)C(=O)N(Cc3cccc4sc(N)nc34)C[C@@H]21. The number of para-hydroxylation sites is 1. The van der Waals surface area contributed by atoms with E-state index in [0.717, 1.165) is 21.3 Å². The molecule has 0 saturated carbocycles. The predicted octanol–water partition coefficient (Wildman–Crippen LogP) is 2.33. The number of hydrazine groups is 1. The van der Waals surface area contributed by atoms with Crippen molar-refractivity contribution < 1.29 is 23.9 Å². The van der Waals surface area contributed by atoms with Gasteiger partial charge in [0.25, 0.3) is 0 Å². The standard InChI is InChI=1S/C29H36N8O5S/c1-5-13-35(28(40)31-2)36-17-24(38)37-21(14-18-9-11-20(12-10-18)42-29(41)33(3)4)26(39)34(16-23(36)37)15-19-7-6-8-22-25(19)32-27(30)43-22/h6-12,21,23H,5,13-17H2,1-4H3,(H2,30,32)(H,31,40)/t21-,23+/m0/s1. The Morgan fingerprint density at radius 2 is 1.91 bits per heavy atom. The van der Waals surface area contributed by atoms with Crippen molar-refractivity contribution in [2.75, 3.05) is 46.5 Å². The largest absolute Gasteiger partial charge is 0.414 e. The highest BCUT2D eigenvalue weighted by molar-refractivity contribution is 7.22. The van der Waals surface area contributed by atoms with Crippen LogP contribution in [0.25, 0.3) is 10.2 Å². The molecule has 0 radical (unpaired) electrons. The predicted molar refractivity (Wildman–Crippen MR) is 162 cm³/mol. The summed E-state index contributed by atoms with van der Waals surface area (Å²) in [5.41, 5.74) is 8.38. The number of nitrogen functional groups attached to an aromatic ring is 1. The van der Waals surface area contributed by atoms with E-state index in [-0.39, 0.29) is 43.9 Å². The molecule has 2 aliphatic rings. The molecule has 2 aromatic carbocycles. The van der Waals surface area contributed by atoms with Gasteiger partial charge in [-0.1, -0.05) is 42.5 Å². The number of benzene rings is 2. The van der Waals surface area contributed by atoms with Crippen LogP contribution in [0.5, 0.6) is 5.75 Å². The number of nitrogens with zero attached hydrogens (tertiary/aromatic N) is 6. The minimum Gasteiger partial charge on any atom is -0.410 e. The van der Waals surface area contributed by atoms with Gasteiger partial charge < -0.3 is 30.5 Å². The minimum atomic E-state index is -0.806. The summed E-state index contributed by atoms with van der Waals surface area (Å²) in [6.45, 7) is 2.85. The van der Waals surface area contributed by atoms with Gasteiger partial charge in [-0.2, -0.15) is 5.01 Å². The van der Waals surface area contributed by atoms with Crippen molar-refractivity contribution >= 4 is 50.6 Å². The summed E-state index contributed by atoms with van der Waals surface area (Å²) in [6, 6.07) is 11.6. The number of amides is 5. The molecule has 5 rings (SSSR count). The normalized spacial score (nSPS) is 18.6. The Labute approximate surface area is 253 Å². The van der Waals surface area contributed by atoms with Gasteiger partial charge in [-0.3, -0.25) is 14.6 Å². The highest BCUT2D eigenvalue weighted by atomic mass is 32.1. The van der Waals surface area contributed by atoms with Crippen LogP contribution in [0, 0.1) is 0 Å². The number of urea groups is 1. The van der Waals surface area contributed by atoms with Crippen molar-refractivity contribution in [1.82, 2.24) is 35.0 Å². The smallest absolute Gasteiger partial charge is 0.410 e. The van der Waals surface area contributed by atoms with Crippen molar-refractivity contribution in [3.63, 3.8) is 0 Å². The molecule has 3 N–H and O–H groups in total. The van der Waals surface area contributed by atoms with Gasteiger partial charge in [-0.25, -0.2) is 14.6 Å². The molecule has 2 atom stereocenters. The van der Waals surface area contributed by atoms with E-state index < -0.39 is 18.3 Å². The summed E-state index contributed by atoms with van der Waals surface area (Å²) >= 11 is 1.39. The van der Waals surface area contributed by atoms with Gasteiger partial charge in [0.15, 0.2) is 5.13 Å². The molecule has 3 aromatic rings. The van der Waals surface area contributed by atoms with Gasteiger partial charge in [0.05, 0.1) is 23.3 Å². The molecule has 3 heterocycles. The molecule has 2 aliphatic heterocycles. The van der Waals surface area contributed by atoms with Gasteiger partial charge in [0, 0.05) is 40.7 Å². The maximum Gasteiger partial charge on any atom is 0.414 e. The van der Waals surface area contributed by atoms with Gasteiger partial charge >= 0.3 is 12.1 Å². The van der Waals surface area contributed by atoms with Crippen LogP contribution >= 0.6 is 11.3 Å². The van der Waals surface area contributed by atoms with Gasteiger partial charge in [-0.05, 0) is 35.7 Å². The quantitative estimate of drug-likeness (QED) is 0.397. The second-order valence-corrected chi connectivity index (χ2v) is 11.8. The second kappa shape index (κ2) is 12.4. The first-order chi connectivity index (χ1) is 20.6. The highest BCUT2D eigenvalue weighted by Crippen LogP contribution is 2.32. The number of hydrogen-bond donors (Lipinski definition) is 2. The minimum absolute atomic E-state index is 0.0205. The van der Waals surface area contributed by atoms with Crippen molar-refractivity contribution in [3.05, 3.63) is 53.6 Å². The lowest BCUT2D eigenvalue weighted by molar-refractivity contribution is -0.157. The highest BCUT2D eigenvalue weighted by Gasteiger charge is 2.52. The third kappa shape index (κ3) is 6.06. The molecule has 228 valence electrons. The van der Waals surface area contributed by atoms with E-state index in [2.05, 4.69) is 10.3 Å². The van der Waals surface area contributed by atoms with Gasteiger partial charge in [0.2, 0.25) is 11.8 Å². The number of carbonyl (C=O) groups excluding carboxylic acids is 4. The Morgan fingerprint density at radius 3 is 2.58 bits per heavy atom. The molecular formula is C29H36N8O5S. The third-order valence-electron chi connectivity index (χ3n) is 7.56. The lowest BCUT2D eigenvalue weighted by atomic mass is 9.99. The van der Waals surface area contributed by atoms with Crippen LogP contribution in [0.15, 0.2) is 42.5 Å².